The molecule has 0 radical (unpaired) electrons. The SMILES string of the molecule is CCCN1CCC(C2COC(=O)C(C)(C)C(=O)C[C@@H](O[C@@H]3O[C@H](C)C[C@H](N(C)C)[C@H]3O)[C@](C)(OC)CCCN2C)CC1. The predicted molar refractivity (Wildman–Crippen MR) is 162 cm³/mol. The Hall–Kier alpha value is -1.14. The lowest BCUT2D eigenvalue weighted by atomic mass is 9.81. The summed E-state index contributed by atoms with van der Waals surface area (Å²) in [5.41, 5.74) is -2.20. The van der Waals surface area contributed by atoms with Crippen LogP contribution in [0.1, 0.15) is 79.6 Å². The van der Waals surface area contributed by atoms with Gasteiger partial charge in [0.2, 0.25) is 0 Å². The van der Waals surface area contributed by atoms with E-state index in [2.05, 4.69) is 23.8 Å². The van der Waals surface area contributed by atoms with Crippen LogP contribution in [-0.2, 0) is 28.5 Å². The molecule has 1 N–H and O–H groups in total. The Morgan fingerprint density at radius 1 is 1.12 bits per heavy atom. The Bertz CT molecular complexity index is 878. The number of likely N-dealkylation sites (N-methyl/N-ethyl adjacent to an activating group) is 2. The number of esters is 1. The number of hydrogen-bond donors (Lipinski definition) is 1. The van der Waals surface area contributed by atoms with Gasteiger partial charge in [0.1, 0.15) is 18.1 Å². The van der Waals surface area contributed by atoms with Crippen molar-refractivity contribution in [1.82, 2.24) is 14.7 Å². The third kappa shape index (κ3) is 8.52. The van der Waals surface area contributed by atoms with Crippen molar-refractivity contribution < 1.29 is 33.6 Å². The monoisotopic (exact) mass is 597 g/mol. The van der Waals surface area contributed by atoms with Crippen LogP contribution >= 0.6 is 0 Å². The molecule has 0 aromatic carbocycles. The molecule has 7 atom stereocenters. The van der Waals surface area contributed by atoms with E-state index in [1.807, 2.05) is 32.8 Å². The van der Waals surface area contributed by atoms with E-state index >= 15 is 0 Å². The Balaban J connectivity index is 1.85. The Morgan fingerprint density at radius 3 is 2.38 bits per heavy atom. The third-order valence-corrected chi connectivity index (χ3v) is 10.2. The zero-order valence-electron chi connectivity index (χ0n) is 27.8. The zero-order chi connectivity index (χ0) is 31.2. The van der Waals surface area contributed by atoms with Gasteiger partial charge < -0.3 is 33.9 Å². The molecule has 0 saturated carbocycles. The number of methoxy groups -OCH3 is 1. The highest BCUT2D eigenvalue weighted by Gasteiger charge is 2.47. The van der Waals surface area contributed by atoms with E-state index in [0.29, 0.717) is 18.8 Å². The van der Waals surface area contributed by atoms with E-state index in [-0.39, 0.29) is 37.0 Å². The number of carbonyl (C=O) groups is 2. The molecule has 3 aliphatic heterocycles. The lowest BCUT2D eigenvalue weighted by molar-refractivity contribution is -0.289. The number of Topliss-reactive ketones (excluding diaryl/α,β-unsaturated/α-hetero) is 1. The smallest absolute Gasteiger partial charge is 0.319 e. The van der Waals surface area contributed by atoms with E-state index in [9.17, 15) is 14.7 Å². The first-order chi connectivity index (χ1) is 19.7. The minimum absolute atomic E-state index is 0.0603. The molecule has 3 aliphatic rings. The molecule has 1 unspecified atom stereocenters. The van der Waals surface area contributed by atoms with Gasteiger partial charge in [0.15, 0.2) is 12.1 Å². The van der Waals surface area contributed by atoms with Crippen molar-refractivity contribution in [3.05, 3.63) is 0 Å². The molecular formula is C32H59N3O7. The standard InChI is InChI=1S/C32H59N3O7/c1-10-15-35-17-12-23(13-18-35)25-21-40-30(38)31(3,4)26(36)20-27(32(5,39-9)14-11-16-34(25)8)42-29-28(37)24(33(6)7)19-22(2)41-29/h22-25,27-29,37H,10-21H2,1-9H3/t22-,24+,25?,27-,28-,29+,32-/m1/s1. The van der Waals surface area contributed by atoms with Gasteiger partial charge >= 0.3 is 5.97 Å². The fraction of sp³-hybridized carbons (Fsp3) is 0.938. The van der Waals surface area contributed by atoms with Crippen LogP contribution in [-0.4, -0.2) is 135 Å². The summed E-state index contributed by atoms with van der Waals surface area (Å²) in [6, 6.07) is -0.0654. The van der Waals surface area contributed by atoms with E-state index in [4.69, 9.17) is 18.9 Å². The molecule has 3 fully saturated rings. The van der Waals surface area contributed by atoms with Crippen LogP contribution in [0.5, 0.6) is 0 Å². The molecule has 3 heterocycles. The first kappa shape index (κ1) is 35.3. The summed E-state index contributed by atoms with van der Waals surface area (Å²) in [7, 11) is 7.60. The fourth-order valence-corrected chi connectivity index (χ4v) is 6.84. The largest absolute Gasteiger partial charge is 0.463 e. The first-order valence-electron chi connectivity index (χ1n) is 16.1. The minimum Gasteiger partial charge on any atom is -0.463 e. The van der Waals surface area contributed by atoms with Gasteiger partial charge in [-0.15, -0.1) is 0 Å². The summed E-state index contributed by atoms with van der Waals surface area (Å²) in [6.07, 6.45) is 2.65. The summed E-state index contributed by atoms with van der Waals surface area (Å²) in [6.45, 7) is 13.7. The average molecular weight is 598 g/mol. The first-order valence-corrected chi connectivity index (χ1v) is 16.1. The Kier molecular flexibility index (Phi) is 12.8. The van der Waals surface area contributed by atoms with Crippen LogP contribution in [0.15, 0.2) is 0 Å². The highest BCUT2D eigenvalue weighted by molar-refractivity contribution is 6.03. The quantitative estimate of drug-likeness (QED) is 0.348. The van der Waals surface area contributed by atoms with Gasteiger partial charge in [0, 0.05) is 25.6 Å². The van der Waals surface area contributed by atoms with Crippen molar-refractivity contribution in [3.8, 4) is 0 Å². The molecule has 3 saturated heterocycles. The van der Waals surface area contributed by atoms with Crippen molar-refractivity contribution in [2.45, 2.75) is 122 Å². The van der Waals surface area contributed by atoms with E-state index in [1.54, 1.807) is 21.0 Å². The second-order valence-electron chi connectivity index (χ2n) is 13.9. The van der Waals surface area contributed by atoms with Gasteiger partial charge in [-0.2, -0.15) is 0 Å². The van der Waals surface area contributed by atoms with Crippen molar-refractivity contribution in [2.75, 3.05) is 61.0 Å². The number of cyclic esters (lactones) is 1. The van der Waals surface area contributed by atoms with Crippen LogP contribution in [0.25, 0.3) is 0 Å². The molecule has 42 heavy (non-hydrogen) atoms. The molecule has 0 amide bonds. The van der Waals surface area contributed by atoms with Crippen molar-refractivity contribution in [2.24, 2.45) is 11.3 Å². The highest BCUT2D eigenvalue weighted by atomic mass is 16.7. The second-order valence-corrected chi connectivity index (χ2v) is 13.9. The number of rotatable bonds is 7. The van der Waals surface area contributed by atoms with Crippen LogP contribution in [0, 0.1) is 11.3 Å². The maximum absolute atomic E-state index is 13.8. The number of ketones is 1. The number of aliphatic hydroxyl groups is 1. The molecule has 0 aromatic rings. The molecule has 10 nitrogen and oxygen atoms in total. The molecule has 10 heteroatoms. The predicted octanol–water partition coefficient (Wildman–Crippen LogP) is 2.95. The van der Waals surface area contributed by atoms with Crippen LogP contribution in [0.2, 0.25) is 0 Å². The van der Waals surface area contributed by atoms with E-state index in [1.165, 1.54) is 0 Å². The van der Waals surface area contributed by atoms with Gasteiger partial charge in [-0.1, -0.05) is 6.92 Å². The van der Waals surface area contributed by atoms with Crippen LogP contribution in [0.4, 0.5) is 0 Å². The van der Waals surface area contributed by atoms with E-state index < -0.39 is 35.5 Å². The number of nitrogens with zero attached hydrogens (tertiary/aromatic N) is 3. The molecule has 0 aromatic heterocycles. The third-order valence-electron chi connectivity index (χ3n) is 10.2. The molecule has 0 spiro atoms. The van der Waals surface area contributed by atoms with Crippen LogP contribution in [0.3, 0.4) is 0 Å². The van der Waals surface area contributed by atoms with Crippen molar-refractivity contribution in [3.63, 3.8) is 0 Å². The second kappa shape index (κ2) is 15.2. The van der Waals surface area contributed by atoms with Gasteiger partial charge in [-0.05, 0) is 119 Å². The number of piperidine rings is 1. The fourth-order valence-electron chi connectivity index (χ4n) is 6.84. The Morgan fingerprint density at radius 2 is 1.79 bits per heavy atom. The minimum atomic E-state index is -1.36. The lowest BCUT2D eigenvalue weighted by Crippen LogP contribution is -2.57. The highest BCUT2D eigenvalue weighted by Crippen LogP contribution is 2.35. The number of hydrogen-bond acceptors (Lipinski definition) is 10. The lowest BCUT2D eigenvalue weighted by Gasteiger charge is -2.45. The van der Waals surface area contributed by atoms with Gasteiger partial charge in [-0.25, -0.2) is 0 Å². The summed E-state index contributed by atoms with van der Waals surface area (Å²) < 4.78 is 24.6. The summed E-state index contributed by atoms with van der Waals surface area (Å²) in [4.78, 5) is 34.1. The molecule has 244 valence electrons. The van der Waals surface area contributed by atoms with Crippen LogP contribution < -0.4 is 0 Å². The summed E-state index contributed by atoms with van der Waals surface area (Å²) in [5, 5.41) is 11.2. The number of carbonyl (C=O) groups excluding carboxylic acids is 2. The van der Waals surface area contributed by atoms with Gasteiger partial charge in [0.05, 0.1) is 17.8 Å². The van der Waals surface area contributed by atoms with Gasteiger partial charge in [0.25, 0.3) is 0 Å². The maximum atomic E-state index is 13.8. The summed E-state index contributed by atoms with van der Waals surface area (Å²) >= 11 is 0. The average Bonchev–Trinajstić information content (AvgIpc) is 2.94. The van der Waals surface area contributed by atoms with Crippen molar-refractivity contribution in [1.29, 1.82) is 0 Å². The summed E-state index contributed by atoms with van der Waals surface area (Å²) in [5.74, 6) is -0.372. The topological polar surface area (TPSA) is 101 Å². The number of likely N-dealkylation sites (tertiary alicyclic amines) is 1. The Labute approximate surface area is 254 Å². The number of aliphatic hydroxyl groups excluding tert-OH is 1. The number of ether oxygens (including phenoxy) is 4. The maximum Gasteiger partial charge on any atom is 0.319 e. The van der Waals surface area contributed by atoms with Crippen molar-refractivity contribution >= 4 is 11.8 Å². The normalized spacial score (nSPS) is 37.1. The molecule has 0 bridgehead atoms. The molecule has 0 aliphatic carbocycles. The van der Waals surface area contributed by atoms with Gasteiger partial charge in [-0.3, -0.25) is 14.5 Å². The zero-order valence-corrected chi connectivity index (χ0v) is 27.8. The molecular weight excluding hydrogens is 538 g/mol. The molecule has 3 rings (SSSR count). The van der Waals surface area contributed by atoms with E-state index in [0.717, 1.165) is 51.9 Å².